The first-order valence-electron chi connectivity index (χ1n) is 7.79. The average Bonchev–Trinajstić information content (AvgIpc) is 2.99. The van der Waals surface area contributed by atoms with Crippen molar-refractivity contribution in [3.05, 3.63) is 29.2 Å². The zero-order valence-corrected chi connectivity index (χ0v) is 14.7. The highest BCUT2D eigenvalue weighted by molar-refractivity contribution is 5.85. The van der Waals surface area contributed by atoms with Crippen LogP contribution in [0, 0.1) is 13.8 Å². The van der Waals surface area contributed by atoms with Crippen LogP contribution in [0.4, 0.5) is 8.78 Å². The van der Waals surface area contributed by atoms with Crippen LogP contribution in [0.25, 0.3) is 22.3 Å². The Labute approximate surface area is 139 Å². The molecule has 3 aromatic rings. The van der Waals surface area contributed by atoms with Gasteiger partial charge in [-0.15, -0.1) is 0 Å². The molecule has 0 bridgehead atoms. The summed E-state index contributed by atoms with van der Waals surface area (Å²) < 4.78 is 30.8. The molecule has 0 unspecified atom stereocenters. The van der Waals surface area contributed by atoms with Gasteiger partial charge < -0.3 is 0 Å². The third-order valence-corrected chi connectivity index (χ3v) is 4.22. The van der Waals surface area contributed by atoms with E-state index in [-0.39, 0.29) is 11.1 Å². The number of aromatic nitrogens is 5. The fourth-order valence-electron chi connectivity index (χ4n) is 2.85. The topological polar surface area (TPSA) is 48.5 Å². The van der Waals surface area contributed by atoms with Crippen molar-refractivity contribution >= 4 is 11.0 Å². The molecule has 0 saturated heterocycles. The lowest BCUT2D eigenvalue weighted by Crippen LogP contribution is -2.23. The van der Waals surface area contributed by atoms with Gasteiger partial charge in [-0.1, -0.05) is 0 Å². The molecule has 0 aliphatic carbocycles. The van der Waals surface area contributed by atoms with E-state index in [1.165, 1.54) is 6.07 Å². The molecule has 0 spiro atoms. The van der Waals surface area contributed by atoms with Gasteiger partial charge in [0.25, 0.3) is 6.43 Å². The molecule has 7 heteroatoms. The maximum absolute atomic E-state index is 13.7. The fraction of sp³-hybridized carbons (Fsp3) is 0.471. The van der Waals surface area contributed by atoms with E-state index in [1.54, 1.807) is 22.5 Å². The van der Waals surface area contributed by atoms with E-state index in [4.69, 9.17) is 0 Å². The molecule has 0 aromatic carbocycles. The maximum Gasteiger partial charge on any atom is 0.264 e. The molecule has 0 N–H and O–H groups in total. The van der Waals surface area contributed by atoms with E-state index >= 15 is 0 Å². The molecule has 128 valence electrons. The molecule has 3 aromatic heterocycles. The number of nitrogens with zero attached hydrogens (tertiary/aromatic N) is 5. The molecule has 0 fully saturated rings. The number of halogens is 2. The monoisotopic (exact) mass is 333 g/mol. The number of aryl methyl sites for hydroxylation is 2. The van der Waals surface area contributed by atoms with Gasteiger partial charge in [0.1, 0.15) is 0 Å². The Balaban J connectivity index is 2.40. The van der Waals surface area contributed by atoms with Crippen molar-refractivity contribution in [2.24, 2.45) is 7.05 Å². The number of fused-ring (bicyclic) bond motifs is 1. The van der Waals surface area contributed by atoms with Gasteiger partial charge >= 0.3 is 0 Å². The maximum atomic E-state index is 13.7. The van der Waals surface area contributed by atoms with Gasteiger partial charge in [0.2, 0.25) is 0 Å². The normalized spacial score (nSPS) is 12.5. The Morgan fingerprint density at radius 3 is 2.33 bits per heavy atom. The predicted octanol–water partition coefficient (Wildman–Crippen LogP) is 4.14. The molecule has 0 aliphatic heterocycles. The zero-order valence-electron chi connectivity index (χ0n) is 14.7. The molecule has 0 atom stereocenters. The van der Waals surface area contributed by atoms with Gasteiger partial charge in [0.15, 0.2) is 5.65 Å². The van der Waals surface area contributed by atoms with E-state index in [9.17, 15) is 8.78 Å². The second kappa shape index (κ2) is 5.36. The largest absolute Gasteiger partial charge is 0.272 e. The molecule has 0 saturated carbocycles. The smallest absolute Gasteiger partial charge is 0.264 e. The molecular formula is C17H21F2N5. The van der Waals surface area contributed by atoms with Gasteiger partial charge in [0.05, 0.1) is 28.5 Å². The number of alkyl halides is 2. The number of hydrogen-bond acceptors (Lipinski definition) is 3. The summed E-state index contributed by atoms with van der Waals surface area (Å²) in [6, 6.07) is 1.46. The highest BCUT2D eigenvalue weighted by atomic mass is 19.3. The molecule has 24 heavy (non-hydrogen) atoms. The Morgan fingerprint density at radius 2 is 1.83 bits per heavy atom. The van der Waals surface area contributed by atoms with Crippen molar-refractivity contribution in [1.29, 1.82) is 0 Å². The highest BCUT2D eigenvalue weighted by Crippen LogP contribution is 2.35. The van der Waals surface area contributed by atoms with Gasteiger partial charge in [-0.3, -0.25) is 4.68 Å². The highest BCUT2D eigenvalue weighted by Gasteiger charge is 2.26. The summed E-state index contributed by atoms with van der Waals surface area (Å²) in [5.41, 5.74) is 2.77. The van der Waals surface area contributed by atoms with Crippen LogP contribution in [0.2, 0.25) is 0 Å². The second-order valence-corrected chi connectivity index (χ2v) is 7.03. The Bertz CT molecular complexity index is 915. The molecule has 5 nitrogen and oxygen atoms in total. The lowest BCUT2D eigenvalue weighted by atomic mass is 10.1. The lowest BCUT2D eigenvalue weighted by Gasteiger charge is -2.20. The summed E-state index contributed by atoms with van der Waals surface area (Å²) in [6.07, 6.45) is -0.939. The predicted molar refractivity (Wildman–Crippen MR) is 89.2 cm³/mol. The van der Waals surface area contributed by atoms with Crippen molar-refractivity contribution in [2.45, 2.75) is 46.6 Å². The first kappa shape index (κ1) is 16.5. The summed E-state index contributed by atoms with van der Waals surface area (Å²) in [4.78, 5) is 4.66. The van der Waals surface area contributed by atoms with E-state index < -0.39 is 6.43 Å². The SMILES string of the molecule is Cc1nn(C(C)(C)C)c2nc(-c3cnn(C)c3C)cc(C(F)F)c12. The molecule has 0 amide bonds. The van der Waals surface area contributed by atoms with Gasteiger partial charge in [-0.25, -0.2) is 18.4 Å². The minimum Gasteiger partial charge on any atom is -0.272 e. The van der Waals surface area contributed by atoms with E-state index in [2.05, 4.69) is 15.2 Å². The molecule has 3 rings (SSSR count). The summed E-state index contributed by atoms with van der Waals surface area (Å²) >= 11 is 0. The minimum atomic E-state index is -2.59. The van der Waals surface area contributed by atoms with E-state index in [1.807, 2.05) is 34.7 Å². The quantitative estimate of drug-likeness (QED) is 0.708. The second-order valence-electron chi connectivity index (χ2n) is 7.03. The molecular weight excluding hydrogens is 312 g/mol. The summed E-state index contributed by atoms with van der Waals surface area (Å²) in [5.74, 6) is 0. The number of rotatable bonds is 2. The van der Waals surface area contributed by atoms with Gasteiger partial charge in [0, 0.05) is 23.9 Å². The van der Waals surface area contributed by atoms with Crippen molar-refractivity contribution in [3.63, 3.8) is 0 Å². The summed E-state index contributed by atoms with van der Waals surface area (Å²) in [5, 5.41) is 9.09. The first-order chi connectivity index (χ1) is 11.1. The van der Waals surface area contributed by atoms with E-state index in [0.29, 0.717) is 22.4 Å². The fourth-order valence-corrected chi connectivity index (χ4v) is 2.85. The molecule has 3 heterocycles. The van der Waals surface area contributed by atoms with Crippen LogP contribution in [0.1, 0.15) is 44.1 Å². The summed E-state index contributed by atoms with van der Waals surface area (Å²) in [7, 11) is 1.81. The van der Waals surface area contributed by atoms with Crippen LogP contribution < -0.4 is 0 Å². The number of hydrogen-bond donors (Lipinski definition) is 0. The van der Waals surface area contributed by atoms with Crippen LogP contribution in [-0.2, 0) is 12.6 Å². The van der Waals surface area contributed by atoms with Crippen LogP contribution in [0.5, 0.6) is 0 Å². The van der Waals surface area contributed by atoms with Crippen LogP contribution in [0.15, 0.2) is 12.3 Å². The Morgan fingerprint density at radius 1 is 1.17 bits per heavy atom. The van der Waals surface area contributed by atoms with Gasteiger partial charge in [-0.05, 0) is 40.7 Å². The van der Waals surface area contributed by atoms with Crippen molar-refractivity contribution < 1.29 is 8.78 Å². The van der Waals surface area contributed by atoms with Crippen LogP contribution in [-0.4, -0.2) is 24.5 Å². The van der Waals surface area contributed by atoms with Crippen LogP contribution in [0.3, 0.4) is 0 Å². The Kier molecular flexibility index (Phi) is 3.69. The molecule has 0 radical (unpaired) electrons. The van der Waals surface area contributed by atoms with Gasteiger partial charge in [-0.2, -0.15) is 10.2 Å². The Hall–Kier alpha value is -2.31. The average molecular weight is 333 g/mol. The number of pyridine rings is 1. The van der Waals surface area contributed by atoms with E-state index in [0.717, 1.165) is 11.3 Å². The minimum absolute atomic E-state index is 0.0359. The van der Waals surface area contributed by atoms with Crippen molar-refractivity contribution in [3.8, 4) is 11.3 Å². The van der Waals surface area contributed by atoms with Crippen LogP contribution >= 0.6 is 0 Å². The standard InChI is InChI=1S/C17H21F2N5/c1-9-14-11(15(18)19)7-13(12-8-20-23(6)10(12)2)21-16(14)24(22-9)17(3,4)5/h7-8,15H,1-6H3. The molecule has 0 aliphatic rings. The lowest BCUT2D eigenvalue weighted by molar-refractivity contribution is 0.153. The van der Waals surface area contributed by atoms with Crippen molar-refractivity contribution in [2.75, 3.05) is 0 Å². The van der Waals surface area contributed by atoms with Crippen molar-refractivity contribution in [1.82, 2.24) is 24.5 Å². The first-order valence-corrected chi connectivity index (χ1v) is 7.79. The third kappa shape index (κ3) is 2.48. The third-order valence-electron chi connectivity index (χ3n) is 4.22. The summed E-state index contributed by atoms with van der Waals surface area (Å²) in [6.45, 7) is 9.56. The zero-order chi connectivity index (χ0) is 17.8.